The quantitative estimate of drug-likeness (QED) is 0.502. The van der Waals surface area contributed by atoms with Gasteiger partial charge in [-0.05, 0) is 32.9 Å². The van der Waals surface area contributed by atoms with E-state index in [9.17, 15) is 9.59 Å². The van der Waals surface area contributed by atoms with Crippen LogP contribution in [0.1, 0.15) is 19.3 Å². The van der Waals surface area contributed by atoms with Crippen LogP contribution in [-0.4, -0.2) is 67.9 Å². The molecule has 1 fully saturated rings. The molecule has 1 aliphatic rings. The van der Waals surface area contributed by atoms with Gasteiger partial charge >= 0.3 is 6.03 Å². The third-order valence-electron chi connectivity index (χ3n) is 3.23. The van der Waals surface area contributed by atoms with E-state index in [4.69, 9.17) is 5.73 Å². The number of piperazine rings is 1. The summed E-state index contributed by atoms with van der Waals surface area (Å²) in [6, 6.07) is -0.517. The predicted molar refractivity (Wildman–Crippen MR) is 70.4 cm³/mol. The number of rotatable bonds is 6. The summed E-state index contributed by atoms with van der Waals surface area (Å²) in [5.41, 5.74) is 5.40. The number of carbonyl (C=O) groups excluding carboxylic acids is 2. The highest BCUT2D eigenvalue weighted by Gasteiger charge is 2.20. The second-order valence-corrected chi connectivity index (χ2v) is 4.77. The maximum Gasteiger partial charge on any atom is 0.318 e. The molecule has 0 aromatic heterocycles. The number of likely N-dealkylation sites (N-methyl/N-ethyl adjacent to an activating group) is 1. The van der Waals surface area contributed by atoms with Gasteiger partial charge in [0, 0.05) is 26.2 Å². The van der Waals surface area contributed by atoms with E-state index >= 15 is 0 Å². The van der Waals surface area contributed by atoms with Crippen LogP contribution in [0.15, 0.2) is 0 Å². The Balaban J connectivity index is 2.30. The van der Waals surface area contributed by atoms with E-state index in [1.807, 2.05) is 7.05 Å². The first-order chi connectivity index (χ1) is 8.67. The molecule has 6 heteroatoms. The van der Waals surface area contributed by atoms with Crippen molar-refractivity contribution in [1.29, 1.82) is 0 Å². The zero-order valence-corrected chi connectivity index (χ0v) is 11.1. The molecule has 0 radical (unpaired) electrons. The zero-order valence-electron chi connectivity index (χ0n) is 11.1. The first kappa shape index (κ1) is 14.9. The molecule has 0 aromatic rings. The molecule has 1 aliphatic heterocycles. The molecule has 0 saturated carbocycles. The van der Waals surface area contributed by atoms with Crippen LogP contribution in [-0.2, 0) is 4.79 Å². The van der Waals surface area contributed by atoms with Crippen LogP contribution < -0.4 is 11.1 Å². The van der Waals surface area contributed by atoms with Gasteiger partial charge in [-0.3, -0.25) is 0 Å². The van der Waals surface area contributed by atoms with E-state index in [2.05, 4.69) is 10.2 Å². The van der Waals surface area contributed by atoms with Crippen molar-refractivity contribution < 1.29 is 9.59 Å². The number of aldehydes is 1. The number of amides is 2. The fourth-order valence-electron chi connectivity index (χ4n) is 1.94. The van der Waals surface area contributed by atoms with Gasteiger partial charge in [0.25, 0.3) is 0 Å². The largest absolute Gasteiger partial charge is 0.330 e. The van der Waals surface area contributed by atoms with Crippen molar-refractivity contribution in [3.8, 4) is 0 Å². The molecule has 18 heavy (non-hydrogen) atoms. The second kappa shape index (κ2) is 8.05. The van der Waals surface area contributed by atoms with E-state index in [0.717, 1.165) is 45.3 Å². The number of nitrogens with two attached hydrogens (primary N) is 1. The van der Waals surface area contributed by atoms with Gasteiger partial charge in [-0.2, -0.15) is 0 Å². The standard InChI is InChI=1S/C12H24N4O2/c1-15-6-8-16(9-7-15)12(18)14-11(10-17)4-2-3-5-13/h10-11H,2-9,13H2,1H3,(H,14,18)/t11-/m0/s1. The lowest BCUT2D eigenvalue weighted by atomic mass is 10.1. The Morgan fingerprint density at radius 3 is 2.56 bits per heavy atom. The van der Waals surface area contributed by atoms with Gasteiger partial charge in [0.2, 0.25) is 0 Å². The highest BCUT2D eigenvalue weighted by atomic mass is 16.2. The third kappa shape index (κ3) is 5.01. The van der Waals surface area contributed by atoms with Crippen LogP contribution in [0.2, 0.25) is 0 Å². The second-order valence-electron chi connectivity index (χ2n) is 4.77. The molecule has 6 nitrogen and oxygen atoms in total. The summed E-state index contributed by atoms with van der Waals surface area (Å²) < 4.78 is 0. The summed E-state index contributed by atoms with van der Waals surface area (Å²) in [7, 11) is 2.04. The van der Waals surface area contributed by atoms with Gasteiger partial charge in [-0.25, -0.2) is 4.79 Å². The van der Waals surface area contributed by atoms with Gasteiger partial charge in [0.15, 0.2) is 0 Å². The molecule has 104 valence electrons. The van der Waals surface area contributed by atoms with Crippen molar-refractivity contribution in [3.63, 3.8) is 0 Å². The molecule has 1 atom stereocenters. The molecule has 3 N–H and O–H groups in total. The van der Waals surface area contributed by atoms with Crippen molar-refractivity contribution in [2.45, 2.75) is 25.3 Å². The highest BCUT2D eigenvalue weighted by Crippen LogP contribution is 2.02. The topological polar surface area (TPSA) is 78.7 Å². The Morgan fingerprint density at radius 1 is 1.33 bits per heavy atom. The summed E-state index contributed by atoms with van der Waals surface area (Å²) in [4.78, 5) is 26.8. The van der Waals surface area contributed by atoms with Crippen molar-refractivity contribution in [2.75, 3.05) is 39.8 Å². The van der Waals surface area contributed by atoms with E-state index in [1.54, 1.807) is 4.90 Å². The minimum absolute atomic E-state index is 0.132. The number of hydrogen-bond donors (Lipinski definition) is 2. The van der Waals surface area contributed by atoms with E-state index < -0.39 is 0 Å². The Bertz CT molecular complexity index is 265. The molecular formula is C12H24N4O2. The highest BCUT2D eigenvalue weighted by molar-refractivity contribution is 5.78. The molecule has 1 saturated heterocycles. The normalized spacial score (nSPS) is 18.4. The zero-order chi connectivity index (χ0) is 13.4. The average molecular weight is 256 g/mol. The number of nitrogens with one attached hydrogen (secondary N) is 1. The van der Waals surface area contributed by atoms with Crippen molar-refractivity contribution >= 4 is 12.3 Å². The van der Waals surface area contributed by atoms with Crippen LogP contribution in [0.3, 0.4) is 0 Å². The van der Waals surface area contributed by atoms with Gasteiger partial charge in [-0.15, -0.1) is 0 Å². The summed E-state index contributed by atoms with van der Waals surface area (Å²) in [5.74, 6) is 0. The first-order valence-corrected chi connectivity index (χ1v) is 6.56. The molecule has 0 aliphatic carbocycles. The van der Waals surface area contributed by atoms with Crippen LogP contribution in [0.4, 0.5) is 4.79 Å². The van der Waals surface area contributed by atoms with Gasteiger partial charge < -0.3 is 25.6 Å². The number of urea groups is 1. The van der Waals surface area contributed by atoms with Gasteiger partial charge in [0.05, 0.1) is 6.04 Å². The van der Waals surface area contributed by atoms with Crippen molar-refractivity contribution in [3.05, 3.63) is 0 Å². The Labute approximate surface area is 108 Å². The first-order valence-electron chi connectivity index (χ1n) is 6.56. The molecule has 1 heterocycles. The number of nitrogens with zero attached hydrogens (tertiary/aromatic N) is 2. The van der Waals surface area contributed by atoms with E-state index in [0.29, 0.717) is 13.0 Å². The molecule has 0 aromatic carbocycles. The Hall–Kier alpha value is -1.14. The average Bonchev–Trinajstić information content (AvgIpc) is 2.38. The Kier molecular flexibility index (Phi) is 6.67. The SMILES string of the molecule is CN1CCN(C(=O)N[C@H](C=O)CCCCN)CC1. The lowest BCUT2D eigenvalue weighted by Crippen LogP contribution is -2.52. The summed E-state index contributed by atoms with van der Waals surface area (Å²) in [6.07, 6.45) is 3.22. The minimum atomic E-state index is -0.385. The lowest BCUT2D eigenvalue weighted by molar-refractivity contribution is -0.109. The fraction of sp³-hybridized carbons (Fsp3) is 0.833. The van der Waals surface area contributed by atoms with Gasteiger partial charge in [0.1, 0.15) is 6.29 Å². The lowest BCUT2D eigenvalue weighted by Gasteiger charge is -2.33. The van der Waals surface area contributed by atoms with E-state index in [-0.39, 0.29) is 12.1 Å². The van der Waals surface area contributed by atoms with Crippen molar-refractivity contribution in [2.24, 2.45) is 5.73 Å². The summed E-state index contributed by atoms with van der Waals surface area (Å²) in [6.45, 7) is 3.82. The molecule has 1 rings (SSSR count). The van der Waals surface area contributed by atoms with Crippen LogP contribution >= 0.6 is 0 Å². The monoisotopic (exact) mass is 256 g/mol. The number of carbonyl (C=O) groups is 2. The number of unbranched alkanes of at least 4 members (excludes halogenated alkanes) is 1. The predicted octanol–water partition coefficient (Wildman–Crippen LogP) is -0.360. The van der Waals surface area contributed by atoms with Gasteiger partial charge in [-0.1, -0.05) is 0 Å². The minimum Gasteiger partial charge on any atom is -0.330 e. The molecule has 2 amide bonds. The number of hydrogen-bond acceptors (Lipinski definition) is 4. The maximum atomic E-state index is 11.9. The van der Waals surface area contributed by atoms with Crippen molar-refractivity contribution in [1.82, 2.24) is 15.1 Å². The summed E-state index contributed by atoms with van der Waals surface area (Å²) in [5, 5.41) is 2.77. The molecule has 0 unspecified atom stereocenters. The summed E-state index contributed by atoms with van der Waals surface area (Å²) >= 11 is 0. The molecular weight excluding hydrogens is 232 g/mol. The smallest absolute Gasteiger partial charge is 0.318 e. The van der Waals surface area contributed by atoms with Crippen LogP contribution in [0.25, 0.3) is 0 Å². The molecule has 0 spiro atoms. The maximum absolute atomic E-state index is 11.9. The third-order valence-corrected chi connectivity index (χ3v) is 3.23. The van der Waals surface area contributed by atoms with E-state index in [1.165, 1.54) is 0 Å². The van der Waals surface area contributed by atoms with Crippen LogP contribution in [0.5, 0.6) is 0 Å². The molecule has 0 bridgehead atoms. The Morgan fingerprint density at radius 2 is 2.00 bits per heavy atom. The fourth-order valence-corrected chi connectivity index (χ4v) is 1.94. The van der Waals surface area contributed by atoms with Crippen LogP contribution in [0, 0.1) is 0 Å².